The van der Waals surface area contributed by atoms with Crippen molar-refractivity contribution in [1.29, 1.82) is 0 Å². The van der Waals surface area contributed by atoms with Crippen LogP contribution >= 0.6 is 0 Å². The summed E-state index contributed by atoms with van der Waals surface area (Å²) >= 11 is 0. The van der Waals surface area contributed by atoms with E-state index in [1.54, 1.807) is 12.1 Å². The van der Waals surface area contributed by atoms with Crippen molar-refractivity contribution >= 4 is 0 Å². The third-order valence-corrected chi connectivity index (χ3v) is 4.55. The Morgan fingerprint density at radius 1 is 1.38 bits per heavy atom. The van der Waals surface area contributed by atoms with Crippen molar-refractivity contribution in [2.75, 3.05) is 19.6 Å². The molecular weight excluding hydrogens is 267 g/mol. The lowest BCUT2D eigenvalue weighted by Gasteiger charge is -2.31. The Morgan fingerprint density at radius 2 is 2.24 bits per heavy atom. The maximum absolute atomic E-state index is 13.3. The monoisotopic (exact) mass is 292 g/mol. The summed E-state index contributed by atoms with van der Waals surface area (Å²) in [7, 11) is 0. The first-order chi connectivity index (χ1) is 10.1. The molecule has 0 aromatic heterocycles. The summed E-state index contributed by atoms with van der Waals surface area (Å²) in [5.74, 6) is 0.679. The van der Waals surface area contributed by atoms with Gasteiger partial charge in [-0.25, -0.2) is 4.39 Å². The van der Waals surface area contributed by atoms with E-state index in [0.717, 1.165) is 37.4 Å². The van der Waals surface area contributed by atoms with Crippen LogP contribution < -0.4 is 10.1 Å². The van der Waals surface area contributed by atoms with Crippen LogP contribution in [0.1, 0.15) is 32.3 Å². The van der Waals surface area contributed by atoms with Crippen molar-refractivity contribution < 1.29 is 9.13 Å². The van der Waals surface area contributed by atoms with Gasteiger partial charge in [0.2, 0.25) is 0 Å². The van der Waals surface area contributed by atoms with Crippen molar-refractivity contribution in [2.45, 2.75) is 51.3 Å². The van der Waals surface area contributed by atoms with Crippen molar-refractivity contribution in [1.82, 2.24) is 10.2 Å². The molecule has 3 nitrogen and oxygen atoms in total. The summed E-state index contributed by atoms with van der Waals surface area (Å²) in [5.41, 5.74) is 1.00. The second-order valence-corrected chi connectivity index (χ2v) is 6.54. The standard InChI is InChI=1S/C17H25FN2O/c1-12(2)20(10-15-4-3-7-19-15)11-16-9-13-8-14(18)5-6-17(13)21-16/h5-6,8,12,15-16,19H,3-4,7,9-11H2,1-2H3. The number of ether oxygens (including phenoxy) is 1. The Labute approximate surface area is 126 Å². The second kappa shape index (κ2) is 6.32. The predicted molar refractivity (Wildman–Crippen MR) is 82.3 cm³/mol. The lowest BCUT2D eigenvalue weighted by Crippen LogP contribution is -2.45. The molecule has 21 heavy (non-hydrogen) atoms. The molecule has 1 N–H and O–H groups in total. The van der Waals surface area contributed by atoms with Crippen molar-refractivity contribution in [3.05, 3.63) is 29.6 Å². The number of hydrogen-bond acceptors (Lipinski definition) is 3. The van der Waals surface area contributed by atoms with Gasteiger partial charge in [0, 0.05) is 37.2 Å². The van der Waals surface area contributed by atoms with Crippen molar-refractivity contribution in [3.8, 4) is 5.75 Å². The first kappa shape index (κ1) is 14.8. The van der Waals surface area contributed by atoms with Gasteiger partial charge in [0.1, 0.15) is 17.7 Å². The van der Waals surface area contributed by atoms with E-state index < -0.39 is 0 Å². The molecule has 116 valence electrons. The van der Waals surface area contributed by atoms with Gasteiger partial charge >= 0.3 is 0 Å². The molecule has 2 aliphatic rings. The second-order valence-electron chi connectivity index (χ2n) is 6.54. The predicted octanol–water partition coefficient (Wildman–Crippen LogP) is 2.59. The zero-order valence-electron chi connectivity index (χ0n) is 12.9. The summed E-state index contributed by atoms with van der Waals surface area (Å²) in [6, 6.07) is 5.94. The number of halogens is 1. The van der Waals surface area contributed by atoms with E-state index in [1.807, 2.05) is 0 Å². The number of nitrogens with zero attached hydrogens (tertiary/aromatic N) is 1. The molecule has 0 radical (unpaired) electrons. The Balaban J connectivity index is 1.59. The quantitative estimate of drug-likeness (QED) is 0.903. The SMILES string of the molecule is CC(C)N(CC1CCCN1)CC1Cc2cc(F)ccc2O1. The molecule has 0 aliphatic carbocycles. The van der Waals surface area contributed by atoms with Crippen LogP contribution in [0.2, 0.25) is 0 Å². The van der Waals surface area contributed by atoms with Gasteiger partial charge in [-0.1, -0.05) is 0 Å². The Kier molecular flexibility index (Phi) is 4.45. The van der Waals surface area contributed by atoms with Crippen LogP contribution in [0, 0.1) is 5.82 Å². The zero-order valence-corrected chi connectivity index (χ0v) is 12.9. The highest BCUT2D eigenvalue weighted by atomic mass is 19.1. The molecule has 2 atom stereocenters. The van der Waals surface area contributed by atoms with Crippen molar-refractivity contribution in [2.24, 2.45) is 0 Å². The molecule has 3 rings (SSSR count). The molecule has 1 saturated heterocycles. The Bertz CT molecular complexity index is 486. The van der Waals surface area contributed by atoms with Gasteiger partial charge in [0.15, 0.2) is 0 Å². The van der Waals surface area contributed by atoms with Gasteiger partial charge in [0.05, 0.1) is 0 Å². The van der Waals surface area contributed by atoms with Crippen LogP contribution in [-0.2, 0) is 6.42 Å². The molecule has 2 aliphatic heterocycles. The van der Waals surface area contributed by atoms with Crippen LogP contribution in [0.4, 0.5) is 4.39 Å². The van der Waals surface area contributed by atoms with E-state index >= 15 is 0 Å². The summed E-state index contributed by atoms with van der Waals surface area (Å²) in [4.78, 5) is 2.48. The number of rotatable bonds is 5. The highest BCUT2D eigenvalue weighted by Crippen LogP contribution is 2.29. The van der Waals surface area contributed by atoms with Crippen LogP contribution in [0.15, 0.2) is 18.2 Å². The minimum atomic E-state index is -0.172. The van der Waals surface area contributed by atoms with Crippen LogP contribution in [0.25, 0.3) is 0 Å². The average Bonchev–Trinajstić information content (AvgIpc) is 3.06. The molecule has 1 aromatic rings. The van der Waals surface area contributed by atoms with Crippen LogP contribution in [0.3, 0.4) is 0 Å². The van der Waals surface area contributed by atoms with Crippen LogP contribution in [-0.4, -0.2) is 42.7 Å². The van der Waals surface area contributed by atoms with Gasteiger partial charge in [0.25, 0.3) is 0 Å². The summed E-state index contributed by atoms with van der Waals surface area (Å²) in [6.45, 7) is 7.59. The average molecular weight is 292 g/mol. The summed E-state index contributed by atoms with van der Waals surface area (Å²) in [6.07, 6.45) is 3.50. The molecule has 0 bridgehead atoms. The lowest BCUT2D eigenvalue weighted by molar-refractivity contribution is 0.120. The molecule has 4 heteroatoms. The molecule has 2 heterocycles. The largest absolute Gasteiger partial charge is 0.488 e. The number of hydrogen-bond donors (Lipinski definition) is 1. The third kappa shape index (κ3) is 3.55. The van der Waals surface area contributed by atoms with Crippen molar-refractivity contribution in [3.63, 3.8) is 0 Å². The van der Waals surface area contributed by atoms with Gasteiger partial charge < -0.3 is 10.1 Å². The van der Waals surface area contributed by atoms with E-state index in [0.29, 0.717) is 12.1 Å². The van der Waals surface area contributed by atoms with E-state index in [4.69, 9.17) is 4.74 Å². The van der Waals surface area contributed by atoms with Crippen LogP contribution in [0.5, 0.6) is 5.75 Å². The molecule has 0 spiro atoms. The summed E-state index contributed by atoms with van der Waals surface area (Å²) < 4.78 is 19.3. The number of benzene rings is 1. The maximum atomic E-state index is 13.3. The number of nitrogens with one attached hydrogen (secondary N) is 1. The summed E-state index contributed by atoms with van der Waals surface area (Å²) in [5, 5.41) is 3.56. The van der Waals surface area contributed by atoms with Gasteiger partial charge in [-0.2, -0.15) is 0 Å². The van der Waals surface area contributed by atoms with E-state index in [-0.39, 0.29) is 11.9 Å². The number of fused-ring (bicyclic) bond motifs is 1. The lowest BCUT2D eigenvalue weighted by atomic mass is 10.1. The minimum Gasteiger partial charge on any atom is -0.488 e. The van der Waals surface area contributed by atoms with Gasteiger partial charge in [-0.3, -0.25) is 4.90 Å². The molecule has 0 saturated carbocycles. The zero-order chi connectivity index (χ0) is 14.8. The van der Waals surface area contributed by atoms with Gasteiger partial charge in [-0.15, -0.1) is 0 Å². The first-order valence-electron chi connectivity index (χ1n) is 8.04. The Morgan fingerprint density at radius 3 is 2.95 bits per heavy atom. The maximum Gasteiger partial charge on any atom is 0.123 e. The highest BCUT2D eigenvalue weighted by molar-refractivity contribution is 5.37. The van der Waals surface area contributed by atoms with E-state index in [9.17, 15) is 4.39 Å². The fourth-order valence-electron chi connectivity index (χ4n) is 3.34. The minimum absolute atomic E-state index is 0.144. The molecule has 0 amide bonds. The normalized spacial score (nSPS) is 24.6. The fourth-order valence-corrected chi connectivity index (χ4v) is 3.34. The smallest absolute Gasteiger partial charge is 0.123 e. The molecule has 2 unspecified atom stereocenters. The topological polar surface area (TPSA) is 24.5 Å². The first-order valence-corrected chi connectivity index (χ1v) is 8.04. The van der Waals surface area contributed by atoms with E-state index in [1.165, 1.54) is 18.9 Å². The van der Waals surface area contributed by atoms with Gasteiger partial charge in [-0.05, 0) is 51.4 Å². The Hall–Kier alpha value is -1.13. The highest BCUT2D eigenvalue weighted by Gasteiger charge is 2.28. The fraction of sp³-hybridized carbons (Fsp3) is 0.647. The molecule has 1 aromatic carbocycles. The molecular formula is C17H25FN2O. The third-order valence-electron chi connectivity index (χ3n) is 4.55. The van der Waals surface area contributed by atoms with E-state index in [2.05, 4.69) is 24.1 Å². The molecule has 1 fully saturated rings.